The number of carbonyl (C=O) groups excluding carboxylic acids is 2. The van der Waals surface area contributed by atoms with Crippen LogP contribution in [0.5, 0.6) is 0 Å². The molecular weight excluding hydrogens is 396 g/mol. The number of furan rings is 1. The van der Waals surface area contributed by atoms with Crippen molar-refractivity contribution in [1.29, 1.82) is 0 Å². The lowest BCUT2D eigenvalue weighted by Gasteiger charge is -2.19. The van der Waals surface area contributed by atoms with E-state index in [9.17, 15) is 9.59 Å². The number of nitrogens with zero attached hydrogens (tertiary/aromatic N) is 1. The zero-order valence-corrected chi connectivity index (χ0v) is 15.8. The van der Waals surface area contributed by atoms with Crippen molar-refractivity contribution in [3.63, 3.8) is 0 Å². The molecule has 0 aliphatic carbocycles. The Morgan fingerprint density at radius 2 is 2.04 bits per heavy atom. The van der Waals surface area contributed by atoms with Gasteiger partial charge in [0, 0.05) is 28.4 Å². The summed E-state index contributed by atoms with van der Waals surface area (Å²) in [5, 5.41) is 3.80. The van der Waals surface area contributed by atoms with Gasteiger partial charge in [0.15, 0.2) is 5.76 Å². The van der Waals surface area contributed by atoms with Crippen molar-refractivity contribution in [3.8, 4) is 0 Å². The van der Waals surface area contributed by atoms with E-state index < -0.39 is 0 Å². The standard InChI is InChI=1S/C20H17BrN2O3/c1-12-14-11-13(21)8-9-17(14)26-19(12)20(25)22-15-5-2-3-6-16(15)23-10-4-7-18(23)24/h2-3,5-6,8-9,11H,4,7,10H2,1H3,(H,22,25). The minimum Gasteiger partial charge on any atom is -0.451 e. The first-order valence-corrected chi connectivity index (χ1v) is 9.23. The molecule has 26 heavy (non-hydrogen) atoms. The van der Waals surface area contributed by atoms with Crippen LogP contribution in [0.3, 0.4) is 0 Å². The van der Waals surface area contributed by atoms with Crippen LogP contribution in [0.25, 0.3) is 11.0 Å². The molecule has 0 atom stereocenters. The Morgan fingerprint density at radius 1 is 1.23 bits per heavy atom. The van der Waals surface area contributed by atoms with E-state index in [2.05, 4.69) is 21.2 Å². The molecule has 0 spiro atoms. The van der Waals surface area contributed by atoms with E-state index in [1.807, 2.05) is 43.3 Å². The fraction of sp³-hybridized carbons (Fsp3) is 0.200. The van der Waals surface area contributed by atoms with Gasteiger partial charge in [0.25, 0.3) is 5.91 Å². The van der Waals surface area contributed by atoms with Gasteiger partial charge in [0.2, 0.25) is 5.91 Å². The van der Waals surface area contributed by atoms with Gasteiger partial charge in [0.1, 0.15) is 5.58 Å². The summed E-state index contributed by atoms with van der Waals surface area (Å²) in [6.45, 7) is 2.53. The van der Waals surface area contributed by atoms with Crippen molar-refractivity contribution < 1.29 is 14.0 Å². The fourth-order valence-corrected chi connectivity index (χ4v) is 3.67. The number of anilines is 2. The van der Waals surface area contributed by atoms with Crippen molar-refractivity contribution in [2.24, 2.45) is 0 Å². The third kappa shape index (κ3) is 2.90. The lowest BCUT2D eigenvalue weighted by Crippen LogP contribution is -2.25. The van der Waals surface area contributed by atoms with Gasteiger partial charge in [-0.15, -0.1) is 0 Å². The third-order valence-electron chi connectivity index (χ3n) is 4.62. The molecule has 4 rings (SSSR count). The van der Waals surface area contributed by atoms with Crippen LogP contribution in [-0.2, 0) is 4.79 Å². The van der Waals surface area contributed by atoms with Crippen molar-refractivity contribution >= 4 is 50.1 Å². The van der Waals surface area contributed by atoms with Crippen LogP contribution in [0.4, 0.5) is 11.4 Å². The molecule has 2 amide bonds. The highest BCUT2D eigenvalue weighted by molar-refractivity contribution is 9.10. The van der Waals surface area contributed by atoms with Crippen molar-refractivity contribution in [3.05, 3.63) is 58.3 Å². The summed E-state index contributed by atoms with van der Waals surface area (Å²) in [5.74, 6) is 0.0334. The zero-order valence-electron chi connectivity index (χ0n) is 14.2. The van der Waals surface area contributed by atoms with Crippen LogP contribution in [0, 0.1) is 6.92 Å². The molecule has 1 fully saturated rings. The predicted octanol–water partition coefficient (Wildman–Crippen LogP) is 4.88. The Bertz CT molecular complexity index is 1030. The Labute approximate surface area is 159 Å². The molecule has 1 aliphatic heterocycles. The highest BCUT2D eigenvalue weighted by Gasteiger charge is 2.25. The number of fused-ring (bicyclic) bond motifs is 1. The van der Waals surface area contributed by atoms with Gasteiger partial charge >= 0.3 is 0 Å². The number of benzene rings is 2. The number of hydrogen-bond donors (Lipinski definition) is 1. The van der Waals surface area contributed by atoms with Crippen LogP contribution in [0.1, 0.15) is 29.0 Å². The molecule has 6 heteroatoms. The van der Waals surface area contributed by atoms with Crippen LogP contribution in [-0.4, -0.2) is 18.4 Å². The summed E-state index contributed by atoms with van der Waals surface area (Å²) in [6.07, 6.45) is 1.37. The number of rotatable bonds is 3. The second kappa shape index (κ2) is 6.61. The first kappa shape index (κ1) is 16.8. The minimum atomic E-state index is -0.325. The first-order chi connectivity index (χ1) is 12.5. The van der Waals surface area contributed by atoms with Gasteiger partial charge in [-0.1, -0.05) is 28.1 Å². The van der Waals surface area contributed by atoms with E-state index >= 15 is 0 Å². The smallest absolute Gasteiger partial charge is 0.291 e. The minimum absolute atomic E-state index is 0.0801. The van der Waals surface area contributed by atoms with E-state index in [1.165, 1.54) is 0 Å². The summed E-state index contributed by atoms with van der Waals surface area (Å²) >= 11 is 3.44. The summed E-state index contributed by atoms with van der Waals surface area (Å²) < 4.78 is 6.69. The molecule has 0 unspecified atom stereocenters. The van der Waals surface area contributed by atoms with Gasteiger partial charge < -0.3 is 14.6 Å². The Morgan fingerprint density at radius 3 is 2.81 bits per heavy atom. The van der Waals surface area contributed by atoms with Gasteiger partial charge in [-0.2, -0.15) is 0 Å². The zero-order chi connectivity index (χ0) is 18.3. The van der Waals surface area contributed by atoms with E-state index in [0.29, 0.717) is 24.2 Å². The molecule has 1 saturated heterocycles. The summed E-state index contributed by atoms with van der Waals surface area (Å²) in [5.41, 5.74) is 2.78. The molecular formula is C20H17BrN2O3. The molecule has 2 aromatic carbocycles. The number of nitrogens with one attached hydrogen (secondary N) is 1. The summed E-state index contributed by atoms with van der Waals surface area (Å²) in [7, 11) is 0. The van der Waals surface area contributed by atoms with Crippen LogP contribution < -0.4 is 10.2 Å². The molecule has 5 nitrogen and oxygen atoms in total. The fourth-order valence-electron chi connectivity index (χ4n) is 3.31. The molecule has 3 aromatic rings. The van der Waals surface area contributed by atoms with Crippen LogP contribution in [0.15, 0.2) is 51.4 Å². The lowest BCUT2D eigenvalue weighted by atomic mass is 10.1. The number of carbonyl (C=O) groups is 2. The molecule has 0 saturated carbocycles. The maximum absolute atomic E-state index is 12.8. The highest BCUT2D eigenvalue weighted by Crippen LogP contribution is 2.32. The van der Waals surface area contributed by atoms with Gasteiger partial charge in [-0.3, -0.25) is 9.59 Å². The Hall–Kier alpha value is -2.60. The molecule has 0 bridgehead atoms. The van der Waals surface area contributed by atoms with E-state index in [1.54, 1.807) is 11.0 Å². The predicted molar refractivity (Wildman–Crippen MR) is 105 cm³/mol. The monoisotopic (exact) mass is 412 g/mol. The lowest BCUT2D eigenvalue weighted by molar-refractivity contribution is -0.117. The molecule has 1 aromatic heterocycles. The van der Waals surface area contributed by atoms with Crippen LogP contribution >= 0.6 is 15.9 Å². The molecule has 0 radical (unpaired) electrons. The number of hydrogen-bond acceptors (Lipinski definition) is 3. The number of aryl methyl sites for hydroxylation is 1. The molecule has 132 valence electrons. The Balaban J connectivity index is 1.67. The third-order valence-corrected chi connectivity index (χ3v) is 5.11. The summed E-state index contributed by atoms with van der Waals surface area (Å²) in [4.78, 5) is 26.6. The first-order valence-electron chi connectivity index (χ1n) is 8.44. The topological polar surface area (TPSA) is 62.6 Å². The van der Waals surface area contributed by atoms with Crippen molar-refractivity contribution in [2.75, 3.05) is 16.8 Å². The number of para-hydroxylation sites is 2. The highest BCUT2D eigenvalue weighted by atomic mass is 79.9. The average Bonchev–Trinajstić information content (AvgIpc) is 3.19. The second-order valence-electron chi connectivity index (χ2n) is 6.32. The van der Waals surface area contributed by atoms with Crippen molar-refractivity contribution in [2.45, 2.75) is 19.8 Å². The van der Waals surface area contributed by atoms with Crippen molar-refractivity contribution in [1.82, 2.24) is 0 Å². The van der Waals surface area contributed by atoms with Crippen LogP contribution in [0.2, 0.25) is 0 Å². The second-order valence-corrected chi connectivity index (χ2v) is 7.23. The maximum atomic E-state index is 12.8. The summed E-state index contributed by atoms with van der Waals surface area (Å²) in [6, 6.07) is 13.0. The van der Waals surface area contributed by atoms with E-state index in [-0.39, 0.29) is 17.6 Å². The normalized spacial score (nSPS) is 14.2. The molecule has 1 aliphatic rings. The van der Waals surface area contributed by atoms with Gasteiger partial charge in [-0.05, 0) is 43.7 Å². The largest absolute Gasteiger partial charge is 0.451 e. The van der Waals surface area contributed by atoms with Gasteiger partial charge in [0.05, 0.1) is 11.4 Å². The average molecular weight is 413 g/mol. The van der Waals surface area contributed by atoms with E-state index in [4.69, 9.17) is 4.42 Å². The Kier molecular flexibility index (Phi) is 4.28. The quantitative estimate of drug-likeness (QED) is 0.666. The molecule has 2 heterocycles. The SMILES string of the molecule is Cc1c(C(=O)Nc2ccccc2N2CCCC2=O)oc2ccc(Br)cc12. The van der Waals surface area contributed by atoms with Gasteiger partial charge in [-0.25, -0.2) is 0 Å². The number of halogens is 1. The maximum Gasteiger partial charge on any atom is 0.291 e. The van der Waals surface area contributed by atoms with E-state index in [0.717, 1.165) is 27.5 Å². The number of amides is 2. The molecule has 1 N–H and O–H groups in total.